The van der Waals surface area contributed by atoms with Crippen LogP contribution in [0.2, 0.25) is 0 Å². The van der Waals surface area contributed by atoms with Gasteiger partial charge in [-0.05, 0) is 13.3 Å². The number of halogens is 2. The van der Waals surface area contributed by atoms with Gasteiger partial charge in [-0.25, -0.2) is 8.78 Å². The molecule has 0 bridgehead atoms. The van der Waals surface area contributed by atoms with Gasteiger partial charge in [0.1, 0.15) is 0 Å². The highest BCUT2D eigenvalue weighted by Gasteiger charge is 2.36. The minimum atomic E-state index is -2.72. The van der Waals surface area contributed by atoms with E-state index in [9.17, 15) is 13.6 Å². The molecule has 3 nitrogen and oxygen atoms in total. The predicted molar refractivity (Wildman–Crippen MR) is 49.0 cm³/mol. The Bertz CT molecular complexity index is 219. The number of amides is 1. The molecule has 1 atom stereocenters. The third-order valence-electron chi connectivity index (χ3n) is 2.24. The second-order valence-electron chi connectivity index (χ2n) is 3.96. The normalized spacial score (nSPS) is 23.3. The molecule has 1 saturated heterocycles. The third kappa shape index (κ3) is 3.21. The Labute approximate surface area is 82.2 Å². The largest absolute Gasteiger partial charge is 0.337 e. The molecule has 1 rings (SSSR count). The highest BCUT2D eigenvalue weighted by molar-refractivity contribution is 5.76. The van der Waals surface area contributed by atoms with E-state index in [0.29, 0.717) is 13.0 Å². The summed E-state index contributed by atoms with van der Waals surface area (Å²) < 4.78 is 25.9. The first kappa shape index (κ1) is 11.4. The van der Waals surface area contributed by atoms with E-state index < -0.39 is 12.5 Å². The van der Waals surface area contributed by atoms with Crippen LogP contribution in [-0.2, 0) is 4.79 Å². The monoisotopic (exact) mass is 206 g/mol. The molecule has 1 amide bonds. The number of hydrogen-bond donors (Lipinski definition) is 1. The number of nitrogens with zero attached hydrogens (tertiary/aromatic N) is 1. The van der Waals surface area contributed by atoms with Gasteiger partial charge in [0.15, 0.2) is 0 Å². The minimum absolute atomic E-state index is 0.116. The van der Waals surface area contributed by atoms with E-state index in [1.807, 2.05) is 0 Å². The van der Waals surface area contributed by atoms with Gasteiger partial charge in [0.05, 0.1) is 6.54 Å². The standard InChI is InChI=1S/C9H16F2N2O/c1-7(12)5-8(14)13-4-2-3-9(10,11)6-13/h7H,2-6,12H2,1H3. The van der Waals surface area contributed by atoms with Crippen molar-refractivity contribution in [3.05, 3.63) is 0 Å². The maximum absolute atomic E-state index is 12.9. The number of piperidine rings is 1. The summed E-state index contributed by atoms with van der Waals surface area (Å²) in [5.74, 6) is -2.98. The Hall–Kier alpha value is -0.710. The summed E-state index contributed by atoms with van der Waals surface area (Å²) >= 11 is 0. The molecule has 0 aliphatic carbocycles. The first-order valence-electron chi connectivity index (χ1n) is 4.82. The molecule has 1 heterocycles. The van der Waals surface area contributed by atoms with E-state index in [0.717, 1.165) is 0 Å². The zero-order chi connectivity index (χ0) is 10.8. The van der Waals surface area contributed by atoms with Crippen LogP contribution < -0.4 is 5.73 Å². The fourth-order valence-electron chi connectivity index (χ4n) is 1.58. The van der Waals surface area contributed by atoms with E-state index in [-0.39, 0.29) is 24.8 Å². The van der Waals surface area contributed by atoms with Crippen LogP contribution in [0.5, 0.6) is 0 Å². The Morgan fingerprint density at radius 3 is 2.79 bits per heavy atom. The smallest absolute Gasteiger partial charge is 0.265 e. The Morgan fingerprint density at radius 1 is 1.64 bits per heavy atom. The molecule has 0 radical (unpaired) electrons. The number of carbonyl (C=O) groups is 1. The van der Waals surface area contributed by atoms with Crippen molar-refractivity contribution in [3.63, 3.8) is 0 Å². The van der Waals surface area contributed by atoms with Crippen molar-refractivity contribution in [2.24, 2.45) is 5.73 Å². The summed E-state index contributed by atoms with van der Waals surface area (Å²) in [6, 6.07) is -0.266. The molecule has 0 aromatic carbocycles. The lowest BCUT2D eigenvalue weighted by molar-refractivity contribution is -0.141. The van der Waals surface area contributed by atoms with Crippen molar-refractivity contribution in [2.75, 3.05) is 13.1 Å². The van der Waals surface area contributed by atoms with Gasteiger partial charge in [-0.1, -0.05) is 0 Å². The summed E-state index contributed by atoms with van der Waals surface area (Å²) in [5, 5.41) is 0. The van der Waals surface area contributed by atoms with E-state index >= 15 is 0 Å². The molecular formula is C9H16F2N2O. The van der Waals surface area contributed by atoms with E-state index in [1.165, 1.54) is 4.90 Å². The lowest BCUT2D eigenvalue weighted by atomic mass is 10.1. The summed E-state index contributed by atoms with van der Waals surface area (Å²) in [4.78, 5) is 12.6. The van der Waals surface area contributed by atoms with Crippen molar-refractivity contribution in [2.45, 2.75) is 38.2 Å². The highest BCUT2D eigenvalue weighted by atomic mass is 19.3. The van der Waals surface area contributed by atoms with E-state index in [1.54, 1.807) is 6.92 Å². The van der Waals surface area contributed by atoms with Crippen LogP contribution in [0.3, 0.4) is 0 Å². The fourth-order valence-corrected chi connectivity index (χ4v) is 1.58. The van der Waals surface area contributed by atoms with Gasteiger partial charge in [0.25, 0.3) is 5.92 Å². The number of nitrogens with two attached hydrogens (primary N) is 1. The zero-order valence-electron chi connectivity index (χ0n) is 8.30. The van der Waals surface area contributed by atoms with E-state index in [4.69, 9.17) is 5.73 Å². The first-order valence-corrected chi connectivity index (χ1v) is 4.82. The van der Waals surface area contributed by atoms with Crippen LogP contribution in [0.25, 0.3) is 0 Å². The van der Waals surface area contributed by atoms with E-state index in [2.05, 4.69) is 0 Å². The number of hydrogen-bond acceptors (Lipinski definition) is 2. The molecule has 0 spiro atoms. The zero-order valence-corrected chi connectivity index (χ0v) is 8.30. The van der Waals surface area contributed by atoms with Crippen LogP contribution >= 0.6 is 0 Å². The average molecular weight is 206 g/mol. The van der Waals surface area contributed by atoms with Gasteiger partial charge in [-0.3, -0.25) is 4.79 Å². The molecule has 0 saturated carbocycles. The van der Waals surface area contributed by atoms with Crippen LogP contribution in [0.15, 0.2) is 0 Å². The molecule has 82 valence electrons. The van der Waals surface area contributed by atoms with Crippen LogP contribution in [0.1, 0.15) is 26.2 Å². The molecule has 2 N–H and O–H groups in total. The molecule has 0 aromatic rings. The lowest BCUT2D eigenvalue weighted by Crippen LogP contribution is -2.46. The van der Waals surface area contributed by atoms with Crippen molar-refractivity contribution in [1.29, 1.82) is 0 Å². The Kier molecular flexibility index (Phi) is 3.42. The molecule has 1 aliphatic rings. The molecule has 0 aromatic heterocycles. The molecule has 5 heteroatoms. The molecule has 1 fully saturated rings. The SMILES string of the molecule is CC(N)CC(=O)N1CCCC(F)(F)C1. The number of carbonyl (C=O) groups excluding carboxylic acids is 1. The summed E-state index contributed by atoms with van der Waals surface area (Å²) in [6.45, 7) is 1.68. The molecule has 1 unspecified atom stereocenters. The first-order chi connectivity index (χ1) is 6.41. The average Bonchev–Trinajstić information content (AvgIpc) is 2.01. The predicted octanol–water partition coefficient (Wildman–Crippen LogP) is 0.981. The van der Waals surface area contributed by atoms with Crippen molar-refractivity contribution >= 4 is 5.91 Å². The third-order valence-corrected chi connectivity index (χ3v) is 2.24. The van der Waals surface area contributed by atoms with Gasteiger partial charge in [0, 0.05) is 25.4 Å². The lowest BCUT2D eigenvalue weighted by Gasteiger charge is -2.32. The van der Waals surface area contributed by atoms with Crippen molar-refractivity contribution in [1.82, 2.24) is 4.90 Å². The highest BCUT2D eigenvalue weighted by Crippen LogP contribution is 2.26. The van der Waals surface area contributed by atoms with Gasteiger partial charge in [-0.15, -0.1) is 0 Å². The van der Waals surface area contributed by atoms with Gasteiger partial charge in [0.2, 0.25) is 5.91 Å². The van der Waals surface area contributed by atoms with Crippen LogP contribution in [-0.4, -0.2) is 35.9 Å². The van der Waals surface area contributed by atoms with Gasteiger partial charge in [-0.2, -0.15) is 0 Å². The van der Waals surface area contributed by atoms with Gasteiger partial charge < -0.3 is 10.6 Å². The summed E-state index contributed by atoms with van der Waals surface area (Å²) in [5.41, 5.74) is 5.43. The second-order valence-corrected chi connectivity index (χ2v) is 3.96. The number of rotatable bonds is 2. The number of likely N-dealkylation sites (tertiary alicyclic amines) is 1. The second kappa shape index (κ2) is 4.21. The summed E-state index contributed by atoms with van der Waals surface area (Å²) in [6.07, 6.45) is 0.405. The van der Waals surface area contributed by atoms with Gasteiger partial charge >= 0.3 is 0 Å². The molecule has 1 aliphatic heterocycles. The molecule has 14 heavy (non-hydrogen) atoms. The van der Waals surface area contributed by atoms with Crippen LogP contribution in [0.4, 0.5) is 8.78 Å². The van der Waals surface area contributed by atoms with Crippen molar-refractivity contribution in [3.8, 4) is 0 Å². The van der Waals surface area contributed by atoms with Crippen LogP contribution in [0, 0.1) is 0 Å². The van der Waals surface area contributed by atoms with Crippen molar-refractivity contribution < 1.29 is 13.6 Å². The summed E-state index contributed by atoms with van der Waals surface area (Å²) in [7, 11) is 0. The quantitative estimate of drug-likeness (QED) is 0.732. The minimum Gasteiger partial charge on any atom is -0.337 e. The Balaban J connectivity index is 2.48. The fraction of sp³-hybridized carbons (Fsp3) is 0.889. The maximum atomic E-state index is 12.9. The number of alkyl halides is 2. The molecular weight excluding hydrogens is 190 g/mol. The Morgan fingerprint density at radius 2 is 2.29 bits per heavy atom. The topological polar surface area (TPSA) is 46.3 Å². The maximum Gasteiger partial charge on any atom is 0.265 e.